The number of unbranched alkanes of at least 4 members (excludes halogenated alkanes) is 2. The molecule has 0 saturated heterocycles. The zero-order valence-corrected chi connectivity index (χ0v) is 16.9. The molecule has 0 bridgehead atoms. The Morgan fingerprint density at radius 3 is 2.75 bits per heavy atom. The van der Waals surface area contributed by atoms with Gasteiger partial charge in [0.15, 0.2) is 0 Å². The minimum atomic E-state index is 0.147. The molecule has 148 valence electrons. The Balaban J connectivity index is 1.49. The molecule has 1 fully saturated rings. The van der Waals surface area contributed by atoms with Gasteiger partial charge in [0, 0.05) is 17.7 Å². The third kappa shape index (κ3) is 4.06. The average molecular weight is 378 g/mol. The van der Waals surface area contributed by atoms with Crippen LogP contribution in [-0.4, -0.2) is 10.9 Å². The van der Waals surface area contributed by atoms with E-state index in [1.54, 1.807) is 6.20 Å². The summed E-state index contributed by atoms with van der Waals surface area (Å²) >= 11 is 0. The summed E-state index contributed by atoms with van der Waals surface area (Å²) in [4.78, 5) is 20.0. The molecule has 1 saturated carbocycles. The van der Waals surface area contributed by atoms with Crippen molar-refractivity contribution in [2.75, 3.05) is 10.2 Å². The first-order chi connectivity index (χ1) is 13.8. The van der Waals surface area contributed by atoms with Crippen LogP contribution in [0, 0.1) is 11.8 Å². The van der Waals surface area contributed by atoms with E-state index in [1.807, 2.05) is 35.2 Å². The highest BCUT2D eigenvalue weighted by molar-refractivity contribution is 5.99. The molecule has 1 aliphatic carbocycles. The van der Waals surface area contributed by atoms with Crippen molar-refractivity contribution in [3.63, 3.8) is 0 Å². The van der Waals surface area contributed by atoms with Gasteiger partial charge in [-0.05, 0) is 49.8 Å². The SMILES string of the molecule is CCCCCC1CCC(C(=O)N2Cc3cccnc3Nc3ccccc32)CC1. The number of anilines is 3. The highest BCUT2D eigenvalue weighted by atomic mass is 16.2. The largest absolute Gasteiger partial charge is 0.338 e. The molecule has 1 aromatic carbocycles. The fourth-order valence-corrected chi connectivity index (χ4v) is 4.67. The topological polar surface area (TPSA) is 45.2 Å². The van der Waals surface area contributed by atoms with E-state index in [9.17, 15) is 4.79 Å². The van der Waals surface area contributed by atoms with Gasteiger partial charge in [-0.2, -0.15) is 0 Å². The van der Waals surface area contributed by atoms with Crippen LogP contribution in [0.15, 0.2) is 42.6 Å². The van der Waals surface area contributed by atoms with E-state index in [-0.39, 0.29) is 11.8 Å². The van der Waals surface area contributed by atoms with E-state index in [4.69, 9.17) is 0 Å². The number of carbonyl (C=O) groups excluding carboxylic acids is 1. The van der Waals surface area contributed by atoms with Gasteiger partial charge < -0.3 is 10.2 Å². The maximum atomic E-state index is 13.5. The lowest BCUT2D eigenvalue weighted by Gasteiger charge is -2.32. The molecule has 2 aliphatic rings. The smallest absolute Gasteiger partial charge is 0.230 e. The van der Waals surface area contributed by atoms with Gasteiger partial charge in [0.1, 0.15) is 5.82 Å². The van der Waals surface area contributed by atoms with E-state index in [1.165, 1.54) is 38.5 Å². The van der Waals surface area contributed by atoms with Gasteiger partial charge in [-0.15, -0.1) is 0 Å². The van der Waals surface area contributed by atoms with Crippen molar-refractivity contribution in [1.82, 2.24) is 4.98 Å². The van der Waals surface area contributed by atoms with E-state index < -0.39 is 0 Å². The normalized spacial score (nSPS) is 21.2. The highest BCUT2D eigenvalue weighted by Crippen LogP contribution is 2.38. The number of aromatic nitrogens is 1. The van der Waals surface area contributed by atoms with Gasteiger partial charge in [-0.3, -0.25) is 4.79 Å². The molecular formula is C24H31N3O. The molecule has 4 rings (SSSR count). The molecule has 1 aromatic heterocycles. The molecule has 1 N–H and O–H groups in total. The van der Waals surface area contributed by atoms with Crippen LogP contribution in [0.3, 0.4) is 0 Å². The first kappa shape index (κ1) is 19.0. The van der Waals surface area contributed by atoms with Crippen molar-refractivity contribution < 1.29 is 4.79 Å². The number of pyridine rings is 1. The van der Waals surface area contributed by atoms with Crippen LogP contribution in [0.4, 0.5) is 17.2 Å². The Hall–Kier alpha value is -2.36. The lowest BCUT2D eigenvalue weighted by atomic mass is 9.79. The number of amides is 1. The molecule has 2 heterocycles. The Labute approximate surface area is 168 Å². The lowest BCUT2D eigenvalue weighted by Crippen LogP contribution is -2.37. The molecule has 0 spiro atoms. The van der Waals surface area contributed by atoms with E-state index in [0.717, 1.165) is 41.5 Å². The summed E-state index contributed by atoms with van der Waals surface area (Å²) in [6.07, 6.45) is 11.6. The van der Waals surface area contributed by atoms with Crippen LogP contribution < -0.4 is 10.2 Å². The van der Waals surface area contributed by atoms with Crippen LogP contribution in [0.2, 0.25) is 0 Å². The van der Waals surface area contributed by atoms with Crippen molar-refractivity contribution >= 4 is 23.1 Å². The second-order valence-electron chi connectivity index (χ2n) is 8.29. The summed E-state index contributed by atoms with van der Waals surface area (Å²) in [5, 5.41) is 3.42. The first-order valence-corrected chi connectivity index (χ1v) is 10.9. The average Bonchev–Trinajstić information content (AvgIpc) is 2.90. The monoisotopic (exact) mass is 377 g/mol. The van der Waals surface area contributed by atoms with Gasteiger partial charge in [-0.25, -0.2) is 4.98 Å². The molecular weight excluding hydrogens is 346 g/mol. The van der Waals surface area contributed by atoms with Crippen LogP contribution in [0.5, 0.6) is 0 Å². The van der Waals surface area contributed by atoms with Crippen molar-refractivity contribution in [2.45, 2.75) is 64.8 Å². The standard InChI is InChI=1S/C24H31N3O/c1-2-3-4-8-18-12-14-19(15-13-18)24(28)27-17-20-9-7-16-25-23(20)26-21-10-5-6-11-22(21)27/h5-7,9-11,16,18-19H,2-4,8,12-15,17H2,1H3,(H,25,26). The summed E-state index contributed by atoms with van der Waals surface area (Å²) < 4.78 is 0. The molecule has 28 heavy (non-hydrogen) atoms. The molecule has 4 heteroatoms. The van der Waals surface area contributed by atoms with Gasteiger partial charge in [-0.1, -0.05) is 50.8 Å². The molecule has 1 aliphatic heterocycles. The van der Waals surface area contributed by atoms with Crippen LogP contribution >= 0.6 is 0 Å². The second-order valence-corrected chi connectivity index (χ2v) is 8.29. The minimum Gasteiger partial charge on any atom is -0.338 e. The summed E-state index contributed by atoms with van der Waals surface area (Å²) in [5.41, 5.74) is 3.00. The number of benzene rings is 1. The molecule has 0 atom stereocenters. The third-order valence-corrected chi connectivity index (χ3v) is 6.35. The second kappa shape index (κ2) is 8.76. The highest BCUT2D eigenvalue weighted by Gasteiger charge is 2.32. The Bertz CT molecular complexity index is 811. The van der Waals surface area contributed by atoms with Crippen molar-refractivity contribution in [3.05, 3.63) is 48.2 Å². The third-order valence-electron chi connectivity index (χ3n) is 6.35. The van der Waals surface area contributed by atoms with Crippen LogP contribution in [0.1, 0.15) is 63.9 Å². The zero-order chi connectivity index (χ0) is 19.3. The summed E-state index contributed by atoms with van der Waals surface area (Å²) in [6.45, 7) is 2.85. The Morgan fingerprint density at radius 2 is 1.93 bits per heavy atom. The summed E-state index contributed by atoms with van der Waals surface area (Å²) in [5.74, 6) is 2.09. The predicted molar refractivity (Wildman–Crippen MR) is 115 cm³/mol. The molecule has 0 radical (unpaired) electrons. The van der Waals surface area contributed by atoms with Crippen LogP contribution in [0.25, 0.3) is 0 Å². The first-order valence-electron chi connectivity index (χ1n) is 10.9. The number of hydrogen-bond acceptors (Lipinski definition) is 3. The molecule has 0 unspecified atom stereocenters. The molecule has 4 nitrogen and oxygen atoms in total. The number of fused-ring (bicyclic) bond motifs is 2. The number of para-hydroxylation sites is 2. The van der Waals surface area contributed by atoms with Gasteiger partial charge >= 0.3 is 0 Å². The number of carbonyl (C=O) groups is 1. The fourth-order valence-electron chi connectivity index (χ4n) is 4.67. The number of nitrogens with one attached hydrogen (secondary N) is 1. The predicted octanol–water partition coefficient (Wildman–Crippen LogP) is 6.06. The van der Waals surface area contributed by atoms with E-state index >= 15 is 0 Å². The quantitative estimate of drug-likeness (QED) is 0.644. The molecule has 1 amide bonds. The summed E-state index contributed by atoms with van der Waals surface area (Å²) in [6, 6.07) is 12.1. The molecule has 2 aromatic rings. The number of hydrogen-bond donors (Lipinski definition) is 1. The number of rotatable bonds is 5. The fraction of sp³-hybridized carbons (Fsp3) is 0.500. The minimum absolute atomic E-state index is 0.147. The van der Waals surface area contributed by atoms with Crippen molar-refractivity contribution in [3.8, 4) is 0 Å². The lowest BCUT2D eigenvalue weighted by molar-refractivity contribution is -0.123. The van der Waals surface area contributed by atoms with Crippen LogP contribution in [-0.2, 0) is 11.3 Å². The van der Waals surface area contributed by atoms with Gasteiger partial charge in [0.05, 0.1) is 17.9 Å². The Morgan fingerprint density at radius 1 is 1.11 bits per heavy atom. The van der Waals surface area contributed by atoms with E-state index in [0.29, 0.717) is 6.54 Å². The van der Waals surface area contributed by atoms with Crippen molar-refractivity contribution in [1.29, 1.82) is 0 Å². The Kier molecular flexibility index (Phi) is 5.94. The van der Waals surface area contributed by atoms with Crippen molar-refractivity contribution in [2.24, 2.45) is 11.8 Å². The number of nitrogens with zero attached hydrogens (tertiary/aromatic N) is 2. The van der Waals surface area contributed by atoms with E-state index in [2.05, 4.69) is 23.3 Å². The van der Waals surface area contributed by atoms with Gasteiger partial charge in [0.25, 0.3) is 0 Å². The maximum Gasteiger partial charge on any atom is 0.230 e. The van der Waals surface area contributed by atoms with Gasteiger partial charge in [0.2, 0.25) is 5.91 Å². The summed E-state index contributed by atoms with van der Waals surface area (Å²) in [7, 11) is 0. The zero-order valence-electron chi connectivity index (χ0n) is 16.9. The maximum absolute atomic E-state index is 13.5.